The average Bonchev–Trinajstić information content (AvgIpc) is 3.06. The molecular weight excluding hydrogens is 368 g/mol. The molecule has 2 N–H and O–H groups in total. The summed E-state index contributed by atoms with van der Waals surface area (Å²) in [5.41, 5.74) is 3.13. The van der Waals surface area contributed by atoms with Crippen molar-refractivity contribution in [2.45, 2.75) is 105 Å². The van der Waals surface area contributed by atoms with Crippen LogP contribution in [-0.2, 0) is 0 Å². The Morgan fingerprint density at radius 2 is 1.87 bits per heavy atom. The molecule has 0 aromatic heterocycles. The minimum absolute atomic E-state index is 0.0651. The molecular formula is C28H46O2. The van der Waals surface area contributed by atoms with Crippen molar-refractivity contribution in [2.75, 3.05) is 0 Å². The van der Waals surface area contributed by atoms with E-state index in [1.54, 1.807) is 0 Å². The molecule has 4 aliphatic rings. The average molecular weight is 415 g/mol. The third-order valence-electron chi connectivity index (χ3n) is 10.7. The lowest BCUT2D eigenvalue weighted by Crippen LogP contribution is -2.56. The number of aliphatic hydroxyl groups is 2. The zero-order chi connectivity index (χ0) is 21.8. The van der Waals surface area contributed by atoms with E-state index in [1.807, 2.05) is 0 Å². The van der Waals surface area contributed by atoms with Crippen molar-refractivity contribution in [1.29, 1.82) is 0 Å². The van der Waals surface area contributed by atoms with Crippen LogP contribution < -0.4 is 0 Å². The predicted octanol–water partition coefficient (Wildman–Crippen LogP) is 6.53. The second-order valence-corrected chi connectivity index (χ2v) is 12.3. The van der Waals surface area contributed by atoms with E-state index in [9.17, 15) is 10.2 Å². The summed E-state index contributed by atoms with van der Waals surface area (Å²) in [6.45, 7) is 16.1. The molecule has 0 spiro atoms. The van der Waals surface area contributed by atoms with Crippen molar-refractivity contribution in [3.63, 3.8) is 0 Å². The van der Waals surface area contributed by atoms with Crippen LogP contribution in [0.1, 0.15) is 92.4 Å². The molecule has 4 rings (SSSR count). The molecule has 0 bridgehead atoms. The first kappa shape index (κ1) is 22.6. The summed E-state index contributed by atoms with van der Waals surface area (Å²) in [6.07, 6.45) is 12.1. The molecule has 0 saturated heterocycles. The first-order chi connectivity index (χ1) is 14.1. The number of aliphatic hydroxyl groups excluding tert-OH is 2. The quantitative estimate of drug-likeness (QED) is 0.502. The molecule has 4 aliphatic carbocycles. The minimum atomic E-state index is -0.185. The minimum Gasteiger partial charge on any atom is -0.393 e. The molecule has 0 unspecified atom stereocenters. The van der Waals surface area contributed by atoms with Gasteiger partial charge in [0.15, 0.2) is 0 Å². The van der Waals surface area contributed by atoms with Gasteiger partial charge in [0.2, 0.25) is 0 Å². The van der Waals surface area contributed by atoms with Gasteiger partial charge in [0, 0.05) is 0 Å². The highest BCUT2D eigenvalue weighted by Crippen LogP contribution is 2.67. The van der Waals surface area contributed by atoms with Crippen LogP contribution in [0.4, 0.5) is 0 Å². The van der Waals surface area contributed by atoms with Gasteiger partial charge < -0.3 is 10.2 Å². The summed E-state index contributed by atoms with van der Waals surface area (Å²) in [6, 6.07) is 0. The number of hydrogen-bond donors (Lipinski definition) is 2. The van der Waals surface area contributed by atoms with E-state index >= 15 is 0 Å². The SMILES string of the molecule is C=C(CC[C@@H](C)[C@H]1CC[C@H]2[C@@H]3CC=C4C[C@@H](O)CC[C@]4(C)[C@H]3C[C@@H](O)[C@]12C)C(C)C. The molecule has 0 amide bonds. The van der Waals surface area contributed by atoms with Gasteiger partial charge in [-0.15, -0.1) is 0 Å². The fourth-order valence-corrected chi connectivity index (χ4v) is 8.47. The van der Waals surface area contributed by atoms with E-state index in [2.05, 4.69) is 47.3 Å². The Hall–Kier alpha value is -0.600. The maximum absolute atomic E-state index is 11.6. The first-order valence-electron chi connectivity index (χ1n) is 12.8. The molecule has 9 atom stereocenters. The molecule has 0 radical (unpaired) electrons. The van der Waals surface area contributed by atoms with E-state index in [0.717, 1.165) is 32.1 Å². The highest BCUT2D eigenvalue weighted by atomic mass is 16.3. The van der Waals surface area contributed by atoms with E-state index in [4.69, 9.17) is 0 Å². The molecule has 0 aromatic carbocycles. The van der Waals surface area contributed by atoms with Crippen molar-refractivity contribution in [3.8, 4) is 0 Å². The standard InChI is InChI=1S/C28H46O2/c1-17(2)18(3)7-8-19(4)23-11-12-24-22-10-9-20-15-21(29)13-14-27(20,5)25(22)16-26(30)28(23,24)6/h9,17,19,21-26,29-30H,3,7-8,10-16H2,1-2,4-6H3/t19-,21+,22+,23-,24+,25+,26-,27+,28-/m1/s1. The van der Waals surface area contributed by atoms with Crippen molar-refractivity contribution in [3.05, 3.63) is 23.8 Å². The van der Waals surface area contributed by atoms with E-state index in [-0.39, 0.29) is 23.0 Å². The van der Waals surface area contributed by atoms with Crippen LogP contribution in [0.5, 0.6) is 0 Å². The summed E-state index contributed by atoms with van der Waals surface area (Å²) in [7, 11) is 0. The van der Waals surface area contributed by atoms with Crippen LogP contribution in [0.3, 0.4) is 0 Å². The molecule has 0 heterocycles. The Morgan fingerprint density at radius 3 is 2.57 bits per heavy atom. The smallest absolute Gasteiger partial charge is 0.0602 e. The van der Waals surface area contributed by atoms with Crippen molar-refractivity contribution in [1.82, 2.24) is 0 Å². The summed E-state index contributed by atoms with van der Waals surface area (Å²) in [5.74, 6) is 3.80. The normalized spacial score (nSPS) is 46.6. The van der Waals surface area contributed by atoms with E-state index in [0.29, 0.717) is 35.5 Å². The monoisotopic (exact) mass is 414 g/mol. The Balaban J connectivity index is 1.54. The first-order valence-corrected chi connectivity index (χ1v) is 12.8. The van der Waals surface area contributed by atoms with Crippen LogP contribution in [0.15, 0.2) is 23.8 Å². The molecule has 0 aromatic rings. The van der Waals surface area contributed by atoms with Gasteiger partial charge in [-0.1, -0.05) is 58.4 Å². The zero-order valence-corrected chi connectivity index (χ0v) is 20.2. The fraction of sp³-hybridized carbons (Fsp3) is 0.857. The Labute approximate surface area is 185 Å². The second-order valence-electron chi connectivity index (χ2n) is 12.3. The highest BCUT2D eigenvalue weighted by Gasteiger charge is 2.62. The van der Waals surface area contributed by atoms with Gasteiger partial charge >= 0.3 is 0 Å². The predicted molar refractivity (Wildman–Crippen MR) is 125 cm³/mol. The highest BCUT2D eigenvalue weighted by molar-refractivity contribution is 5.26. The lowest BCUT2D eigenvalue weighted by Gasteiger charge is -2.60. The van der Waals surface area contributed by atoms with Gasteiger partial charge in [-0.25, -0.2) is 0 Å². The summed E-state index contributed by atoms with van der Waals surface area (Å²) in [4.78, 5) is 0. The topological polar surface area (TPSA) is 40.5 Å². The van der Waals surface area contributed by atoms with Crippen LogP contribution in [0, 0.1) is 46.3 Å². The van der Waals surface area contributed by atoms with Gasteiger partial charge in [0.1, 0.15) is 0 Å². The van der Waals surface area contributed by atoms with Gasteiger partial charge in [0.25, 0.3) is 0 Å². The van der Waals surface area contributed by atoms with E-state index in [1.165, 1.54) is 36.8 Å². The van der Waals surface area contributed by atoms with Crippen LogP contribution >= 0.6 is 0 Å². The number of allylic oxidation sites excluding steroid dienone is 2. The van der Waals surface area contributed by atoms with Crippen LogP contribution in [0.25, 0.3) is 0 Å². The zero-order valence-electron chi connectivity index (χ0n) is 20.2. The summed E-state index contributed by atoms with van der Waals surface area (Å²) >= 11 is 0. The third-order valence-corrected chi connectivity index (χ3v) is 10.7. The van der Waals surface area contributed by atoms with Crippen LogP contribution in [-0.4, -0.2) is 22.4 Å². The van der Waals surface area contributed by atoms with Crippen molar-refractivity contribution in [2.24, 2.45) is 46.3 Å². The molecule has 3 saturated carbocycles. The molecule has 0 aliphatic heterocycles. The lowest BCUT2D eigenvalue weighted by atomic mass is 9.46. The van der Waals surface area contributed by atoms with Crippen molar-refractivity contribution < 1.29 is 10.2 Å². The molecule has 30 heavy (non-hydrogen) atoms. The van der Waals surface area contributed by atoms with Gasteiger partial charge in [0.05, 0.1) is 12.2 Å². The largest absolute Gasteiger partial charge is 0.393 e. The fourth-order valence-electron chi connectivity index (χ4n) is 8.47. The maximum atomic E-state index is 11.6. The summed E-state index contributed by atoms with van der Waals surface area (Å²) < 4.78 is 0. The number of rotatable bonds is 5. The van der Waals surface area contributed by atoms with Crippen molar-refractivity contribution >= 4 is 0 Å². The maximum Gasteiger partial charge on any atom is 0.0602 e. The summed E-state index contributed by atoms with van der Waals surface area (Å²) in [5, 5.41) is 21.9. The van der Waals surface area contributed by atoms with Crippen LogP contribution in [0.2, 0.25) is 0 Å². The molecule has 2 nitrogen and oxygen atoms in total. The second kappa shape index (κ2) is 8.07. The van der Waals surface area contributed by atoms with Gasteiger partial charge in [-0.2, -0.15) is 0 Å². The molecule has 170 valence electrons. The third kappa shape index (κ3) is 3.45. The molecule has 2 heteroatoms. The van der Waals surface area contributed by atoms with Gasteiger partial charge in [-0.05, 0) is 104 Å². The number of hydrogen-bond acceptors (Lipinski definition) is 2. The Kier molecular flexibility index (Phi) is 6.08. The van der Waals surface area contributed by atoms with Gasteiger partial charge in [-0.3, -0.25) is 0 Å². The Bertz CT molecular complexity index is 693. The molecule has 3 fully saturated rings. The Morgan fingerprint density at radius 1 is 1.13 bits per heavy atom. The lowest BCUT2D eigenvalue weighted by molar-refractivity contribution is -0.136. The van der Waals surface area contributed by atoms with E-state index < -0.39 is 0 Å². The number of fused-ring (bicyclic) bond motifs is 5.